The topological polar surface area (TPSA) is 35.5 Å². The normalized spacial score (nSPS) is 13.7. The number of hydrogen-bond acceptors (Lipinski definition) is 3. The number of unbranched alkanes of at least 4 members (excludes halogenated alkanes) is 2. The third kappa shape index (κ3) is 3.13. The van der Waals surface area contributed by atoms with Crippen molar-refractivity contribution in [2.24, 2.45) is 0 Å². The molecule has 1 heterocycles. The molecule has 1 aromatic carbocycles. The van der Waals surface area contributed by atoms with Gasteiger partial charge in [0.15, 0.2) is 11.5 Å². The van der Waals surface area contributed by atoms with Crippen molar-refractivity contribution >= 4 is 12.4 Å². The van der Waals surface area contributed by atoms with Gasteiger partial charge in [-0.05, 0) is 42.2 Å². The van der Waals surface area contributed by atoms with Crippen LogP contribution in [0.3, 0.4) is 0 Å². The molecule has 96 valence electrons. The van der Waals surface area contributed by atoms with Gasteiger partial charge in [-0.25, -0.2) is 0 Å². The molecule has 0 bridgehead atoms. The highest BCUT2D eigenvalue weighted by molar-refractivity contribution is 5.81. The monoisotopic (exact) mass is 246 g/mol. The van der Waals surface area contributed by atoms with E-state index in [9.17, 15) is 4.79 Å². The molecule has 1 aliphatic heterocycles. The molecule has 0 saturated heterocycles. The molecule has 0 saturated carbocycles. The second-order valence-electron chi connectivity index (χ2n) is 4.41. The highest BCUT2D eigenvalue weighted by Crippen LogP contribution is 2.33. The van der Waals surface area contributed by atoms with Crippen molar-refractivity contribution in [2.75, 3.05) is 6.79 Å². The SMILES string of the molecule is CCCCCC(C=O)=Cc1ccc2c(c1)OCO2. The number of ether oxygens (including phenoxy) is 2. The van der Waals surface area contributed by atoms with Gasteiger partial charge in [0.05, 0.1) is 0 Å². The van der Waals surface area contributed by atoms with E-state index in [0.29, 0.717) is 0 Å². The standard InChI is InChI=1S/C15H18O3/c1-2-3-4-5-13(10-16)8-12-6-7-14-15(9-12)18-11-17-14/h6-10H,2-5,11H2,1H3. The predicted octanol–water partition coefficient (Wildman–Crippen LogP) is 3.58. The summed E-state index contributed by atoms with van der Waals surface area (Å²) < 4.78 is 10.6. The van der Waals surface area contributed by atoms with Crippen LogP contribution in [0.5, 0.6) is 11.5 Å². The van der Waals surface area contributed by atoms with Crippen molar-refractivity contribution in [3.8, 4) is 11.5 Å². The Kier molecular flexibility index (Phi) is 4.40. The number of allylic oxidation sites excluding steroid dienone is 1. The van der Waals surface area contributed by atoms with E-state index in [1.807, 2.05) is 24.3 Å². The Balaban J connectivity index is 2.07. The second-order valence-corrected chi connectivity index (χ2v) is 4.41. The molecule has 0 spiro atoms. The molecule has 1 aromatic rings. The highest BCUT2D eigenvalue weighted by Gasteiger charge is 2.12. The Bertz CT molecular complexity index is 449. The fourth-order valence-electron chi connectivity index (χ4n) is 1.96. The van der Waals surface area contributed by atoms with Crippen LogP contribution >= 0.6 is 0 Å². The van der Waals surface area contributed by atoms with Gasteiger partial charge >= 0.3 is 0 Å². The van der Waals surface area contributed by atoms with Crippen LogP contribution in [0.2, 0.25) is 0 Å². The quantitative estimate of drug-likeness (QED) is 0.437. The van der Waals surface area contributed by atoms with Gasteiger partial charge in [0.25, 0.3) is 0 Å². The number of carbonyl (C=O) groups is 1. The summed E-state index contributed by atoms with van der Waals surface area (Å²) in [5.74, 6) is 1.52. The van der Waals surface area contributed by atoms with Crippen molar-refractivity contribution in [2.45, 2.75) is 32.6 Å². The number of fused-ring (bicyclic) bond motifs is 1. The number of carbonyl (C=O) groups excluding carboxylic acids is 1. The summed E-state index contributed by atoms with van der Waals surface area (Å²) in [5.41, 5.74) is 1.82. The highest BCUT2D eigenvalue weighted by atomic mass is 16.7. The summed E-state index contributed by atoms with van der Waals surface area (Å²) >= 11 is 0. The molecule has 2 rings (SSSR count). The molecule has 0 N–H and O–H groups in total. The lowest BCUT2D eigenvalue weighted by molar-refractivity contribution is -0.105. The maximum absolute atomic E-state index is 11.0. The van der Waals surface area contributed by atoms with E-state index in [4.69, 9.17) is 9.47 Å². The molecule has 3 nitrogen and oxygen atoms in total. The van der Waals surface area contributed by atoms with Gasteiger partial charge in [-0.1, -0.05) is 25.8 Å². The zero-order chi connectivity index (χ0) is 12.8. The zero-order valence-corrected chi connectivity index (χ0v) is 10.6. The third-order valence-electron chi connectivity index (χ3n) is 2.97. The number of benzene rings is 1. The van der Waals surface area contributed by atoms with Crippen LogP contribution < -0.4 is 9.47 Å². The average Bonchev–Trinajstić information content (AvgIpc) is 2.85. The lowest BCUT2D eigenvalue weighted by Crippen LogP contribution is -1.92. The lowest BCUT2D eigenvalue weighted by Gasteiger charge is -2.01. The van der Waals surface area contributed by atoms with E-state index in [1.54, 1.807) is 0 Å². The smallest absolute Gasteiger partial charge is 0.231 e. The molecule has 1 aliphatic rings. The molecular weight excluding hydrogens is 228 g/mol. The first-order valence-electron chi connectivity index (χ1n) is 6.39. The summed E-state index contributed by atoms with van der Waals surface area (Å²) in [6.07, 6.45) is 7.09. The van der Waals surface area contributed by atoms with Crippen LogP contribution in [0, 0.1) is 0 Å². The van der Waals surface area contributed by atoms with E-state index >= 15 is 0 Å². The van der Waals surface area contributed by atoms with Gasteiger partial charge in [0.2, 0.25) is 6.79 Å². The van der Waals surface area contributed by atoms with Crippen LogP contribution in [0.1, 0.15) is 38.2 Å². The van der Waals surface area contributed by atoms with E-state index < -0.39 is 0 Å². The van der Waals surface area contributed by atoms with Crippen molar-refractivity contribution in [3.05, 3.63) is 29.3 Å². The van der Waals surface area contributed by atoms with Gasteiger partial charge in [-0.2, -0.15) is 0 Å². The largest absolute Gasteiger partial charge is 0.454 e. The average molecular weight is 246 g/mol. The maximum Gasteiger partial charge on any atom is 0.231 e. The Hall–Kier alpha value is -1.77. The van der Waals surface area contributed by atoms with Crippen LogP contribution in [0.4, 0.5) is 0 Å². The fourth-order valence-corrected chi connectivity index (χ4v) is 1.96. The molecule has 18 heavy (non-hydrogen) atoms. The van der Waals surface area contributed by atoms with E-state index in [0.717, 1.165) is 54.6 Å². The van der Waals surface area contributed by atoms with Crippen molar-refractivity contribution in [3.63, 3.8) is 0 Å². The first-order chi connectivity index (χ1) is 8.83. The summed E-state index contributed by atoms with van der Waals surface area (Å²) in [6.45, 7) is 2.43. The summed E-state index contributed by atoms with van der Waals surface area (Å²) in [5, 5.41) is 0. The Morgan fingerprint density at radius 2 is 2.11 bits per heavy atom. The van der Waals surface area contributed by atoms with Crippen LogP contribution in [-0.4, -0.2) is 13.1 Å². The summed E-state index contributed by atoms with van der Waals surface area (Å²) in [7, 11) is 0. The Morgan fingerprint density at radius 1 is 1.28 bits per heavy atom. The zero-order valence-electron chi connectivity index (χ0n) is 10.6. The number of hydrogen-bond donors (Lipinski definition) is 0. The van der Waals surface area contributed by atoms with Crippen LogP contribution in [0.25, 0.3) is 6.08 Å². The Morgan fingerprint density at radius 3 is 2.89 bits per heavy atom. The van der Waals surface area contributed by atoms with Crippen LogP contribution in [-0.2, 0) is 4.79 Å². The molecule has 0 fully saturated rings. The van der Waals surface area contributed by atoms with E-state index in [1.165, 1.54) is 0 Å². The minimum absolute atomic E-state index is 0.277. The first kappa shape index (κ1) is 12.7. The first-order valence-corrected chi connectivity index (χ1v) is 6.39. The lowest BCUT2D eigenvalue weighted by atomic mass is 10.1. The van der Waals surface area contributed by atoms with Crippen molar-refractivity contribution < 1.29 is 14.3 Å². The van der Waals surface area contributed by atoms with Gasteiger partial charge < -0.3 is 9.47 Å². The van der Waals surface area contributed by atoms with Gasteiger partial charge in [-0.3, -0.25) is 4.79 Å². The molecule has 0 amide bonds. The fraction of sp³-hybridized carbons (Fsp3) is 0.400. The third-order valence-corrected chi connectivity index (χ3v) is 2.97. The summed E-state index contributed by atoms with van der Waals surface area (Å²) in [6, 6.07) is 5.73. The predicted molar refractivity (Wildman–Crippen MR) is 70.7 cm³/mol. The van der Waals surface area contributed by atoms with Crippen LogP contribution in [0.15, 0.2) is 23.8 Å². The van der Waals surface area contributed by atoms with E-state index in [-0.39, 0.29) is 6.79 Å². The number of aldehydes is 1. The molecule has 0 radical (unpaired) electrons. The molecule has 0 atom stereocenters. The van der Waals surface area contributed by atoms with Crippen molar-refractivity contribution in [1.82, 2.24) is 0 Å². The number of rotatable bonds is 6. The molecule has 0 aromatic heterocycles. The van der Waals surface area contributed by atoms with Crippen molar-refractivity contribution in [1.29, 1.82) is 0 Å². The van der Waals surface area contributed by atoms with E-state index in [2.05, 4.69) is 6.92 Å². The minimum atomic E-state index is 0.277. The minimum Gasteiger partial charge on any atom is -0.454 e. The molecular formula is C15H18O3. The second kappa shape index (κ2) is 6.24. The molecule has 3 heteroatoms. The maximum atomic E-state index is 11.0. The molecule has 0 aliphatic carbocycles. The summed E-state index contributed by atoms with van der Waals surface area (Å²) in [4.78, 5) is 11.0. The molecule has 0 unspecified atom stereocenters. The van der Waals surface area contributed by atoms with Gasteiger partial charge in [-0.15, -0.1) is 0 Å². The van der Waals surface area contributed by atoms with Gasteiger partial charge in [0.1, 0.15) is 6.29 Å². The van der Waals surface area contributed by atoms with Gasteiger partial charge in [0, 0.05) is 0 Å². The Labute approximate surface area is 107 Å².